The van der Waals surface area contributed by atoms with Crippen molar-refractivity contribution in [3.05, 3.63) is 23.8 Å². The van der Waals surface area contributed by atoms with Crippen molar-refractivity contribution in [2.24, 2.45) is 11.8 Å². The summed E-state index contributed by atoms with van der Waals surface area (Å²) in [4.78, 5) is 12.3. The minimum atomic E-state index is -0.0792. The molecule has 0 saturated heterocycles. The lowest BCUT2D eigenvalue weighted by atomic mass is 9.81. The summed E-state index contributed by atoms with van der Waals surface area (Å²) in [6.45, 7) is 3.02. The highest BCUT2D eigenvalue weighted by molar-refractivity contribution is 5.97. The molecule has 0 spiro atoms. The standard InChI is InChI=1S/C17H26N2O2/c1-3-12-4-6-13(7-5-12)11-19-17(20)15-9-8-14(18)10-16(15)21-2/h8-10,12-13H,3-7,11,18H2,1-2H3,(H,19,20). The Morgan fingerprint density at radius 2 is 1.95 bits per heavy atom. The maximum atomic E-state index is 12.3. The van der Waals surface area contributed by atoms with Gasteiger partial charge in [-0.05, 0) is 36.8 Å². The molecule has 1 aliphatic carbocycles. The third-order valence-electron chi connectivity index (χ3n) is 4.57. The molecule has 3 N–H and O–H groups in total. The number of hydrogen-bond acceptors (Lipinski definition) is 3. The summed E-state index contributed by atoms with van der Waals surface area (Å²) in [6, 6.07) is 5.13. The largest absolute Gasteiger partial charge is 0.496 e. The van der Waals surface area contributed by atoms with E-state index in [1.54, 1.807) is 25.3 Å². The Morgan fingerprint density at radius 1 is 1.29 bits per heavy atom. The van der Waals surface area contributed by atoms with Crippen LogP contribution in [-0.4, -0.2) is 19.6 Å². The van der Waals surface area contributed by atoms with Gasteiger partial charge in [-0.2, -0.15) is 0 Å². The van der Waals surface area contributed by atoms with Gasteiger partial charge in [-0.3, -0.25) is 4.79 Å². The van der Waals surface area contributed by atoms with Gasteiger partial charge in [-0.25, -0.2) is 0 Å². The Balaban J connectivity index is 1.88. The van der Waals surface area contributed by atoms with Crippen molar-refractivity contribution >= 4 is 11.6 Å². The molecule has 4 heteroatoms. The molecule has 0 radical (unpaired) electrons. The predicted octanol–water partition coefficient (Wildman–Crippen LogP) is 3.22. The molecular weight excluding hydrogens is 264 g/mol. The van der Waals surface area contributed by atoms with Gasteiger partial charge in [0.15, 0.2) is 0 Å². The Hall–Kier alpha value is -1.71. The number of nitrogen functional groups attached to an aromatic ring is 1. The lowest BCUT2D eigenvalue weighted by Gasteiger charge is -2.27. The highest BCUT2D eigenvalue weighted by atomic mass is 16.5. The summed E-state index contributed by atoms with van der Waals surface area (Å²) in [5.74, 6) is 1.94. The Morgan fingerprint density at radius 3 is 2.57 bits per heavy atom. The Labute approximate surface area is 127 Å². The number of anilines is 1. The fraction of sp³-hybridized carbons (Fsp3) is 0.588. The lowest BCUT2D eigenvalue weighted by molar-refractivity contribution is 0.0938. The molecule has 1 fully saturated rings. The third kappa shape index (κ3) is 4.13. The van der Waals surface area contributed by atoms with Crippen LogP contribution in [-0.2, 0) is 0 Å². The van der Waals surface area contributed by atoms with Gasteiger partial charge in [0.1, 0.15) is 5.75 Å². The van der Waals surface area contributed by atoms with Crippen LogP contribution in [0.25, 0.3) is 0 Å². The van der Waals surface area contributed by atoms with Crippen LogP contribution in [0.5, 0.6) is 5.75 Å². The van der Waals surface area contributed by atoms with Crippen molar-refractivity contribution in [2.45, 2.75) is 39.0 Å². The number of ether oxygens (including phenoxy) is 1. The summed E-state index contributed by atoms with van der Waals surface area (Å²) >= 11 is 0. The van der Waals surface area contributed by atoms with Crippen LogP contribution >= 0.6 is 0 Å². The van der Waals surface area contributed by atoms with Crippen molar-refractivity contribution in [3.63, 3.8) is 0 Å². The maximum absolute atomic E-state index is 12.3. The van der Waals surface area contributed by atoms with Crippen molar-refractivity contribution < 1.29 is 9.53 Å². The number of amides is 1. The zero-order valence-electron chi connectivity index (χ0n) is 13.0. The average molecular weight is 290 g/mol. The zero-order valence-corrected chi connectivity index (χ0v) is 13.0. The number of carbonyl (C=O) groups is 1. The molecule has 21 heavy (non-hydrogen) atoms. The zero-order chi connectivity index (χ0) is 15.2. The maximum Gasteiger partial charge on any atom is 0.255 e. The summed E-state index contributed by atoms with van der Waals surface area (Å²) < 4.78 is 5.23. The summed E-state index contributed by atoms with van der Waals surface area (Å²) in [6.07, 6.45) is 6.31. The normalized spacial score (nSPS) is 21.8. The first-order chi connectivity index (χ1) is 10.1. The van der Waals surface area contributed by atoms with Gasteiger partial charge in [0, 0.05) is 18.3 Å². The Kier molecular flexibility index (Phi) is 5.48. The van der Waals surface area contributed by atoms with Crippen LogP contribution in [0.2, 0.25) is 0 Å². The van der Waals surface area contributed by atoms with Gasteiger partial charge in [0.2, 0.25) is 0 Å². The van der Waals surface area contributed by atoms with E-state index in [4.69, 9.17) is 10.5 Å². The predicted molar refractivity (Wildman–Crippen MR) is 85.5 cm³/mol. The number of rotatable bonds is 5. The van der Waals surface area contributed by atoms with Crippen molar-refractivity contribution in [1.82, 2.24) is 5.32 Å². The quantitative estimate of drug-likeness (QED) is 0.818. The minimum absolute atomic E-state index is 0.0792. The van der Waals surface area contributed by atoms with E-state index >= 15 is 0 Å². The number of hydrogen-bond donors (Lipinski definition) is 2. The van der Waals surface area contributed by atoms with E-state index in [0.717, 1.165) is 12.5 Å². The van der Waals surface area contributed by atoms with Crippen LogP contribution in [0.3, 0.4) is 0 Å². The number of nitrogens with one attached hydrogen (secondary N) is 1. The minimum Gasteiger partial charge on any atom is -0.496 e. The molecule has 1 aromatic carbocycles. The number of carbonyl (C=O) groups excluding carboxylic acids is 1. The second-order valence-corrected chi connectivity index (χ2v) is 5.96. The van der Waals surface area contributed by atoms with Crippen LogP contribution in [0.1, 0.15) is 49.4 Å². The summed E-state index contributed by atoms with van der Waals surface area (Å²) in [5.41, 5.74) is 6.86. The molecule has 4 nitrogen and oxygen atoms in total. The molecule has 2 rings (SSSR count). The molecule has 1 aliphatic rings. The van der Waals surface area contributed by atoms with Gasteiger partial charge in [-0.15, -0.1) is 0 Å². The molecular formula is C17H26N2O2. The molecule has 1 aromatic rings. The van der Waals surface area contributed by atoms with Crippen LogP contribution < -0.4 is 15.8 Å². The van der Waals surface area contributed by atoms with E-state index in [9.17, 15) is 4.79 Å². The topological polar surface area (TPSA) is 64.4 Å². The number of benzene rings is 1. The second-order valence-electron chi connectivity index (χ2n) is 5.96. The first-order valence-electron chi connectivity index (χ1n) is 7.85. The van der Waals surface area contributed by atoms with E-state index < -0.39 is 0 Å². The van der Waals surface area contributed by atoms with E-state index in [1.807, 2.05) is 0 Å². The molecule has 116 valence electrons. The van der Waals surface area contributed by atoms with Gasteiger partial charge in [0.25, 0.3) is 5.91 Å². The Bertz CT molecular complexity index is 480. The van der Waals surface area contributed by atoms with Crippen LogP contribution in [0.4, 0.5) is 5.69 Å². The molecule has 0 aliphatic heterocycles. The monoisotopic (exact) mass is 290 g/mol. The molecule has 1 saturated carbocycles. The molecule has 0 aromatic heterocycles. The molecule has 0 heterocycles. The van der Waals surface area contributed by atoms with Crippen molar-refractivity contribution in [3.8, 4) is 5.75 Å². The van der Waals surface area contributed by atoms with Crippen molar-refractivity contribution in [2.75, 3.05) is 19.4 Å². The third-order valence-corrected chi connectivity index (χ3v) is 4.57. The smallest absolute Gasteiger partial charge is 0.255 e. The van der Waals surface area contributed by atoms with E-state index in [0.29, 0.717) is 22.9 Å². The molecule has 0 unspecified atom stereocenters. The van der Waals surface area contributed by atoms with E-state index in [-0.39, 0.29) is 5.91 Å². The van der Waals surface area contributed by atoms with E-state index in [2.05, 4.69) is 12.2 Å². The first-order valence-corrected chi connectivity index (χ1v) is 7.85. The lowest BCUT2D eigenvalue weighted by Crippen LogP contribution is -2.31. The fourth-order valence-electron chi connectivity index (χ4n) is 3.07. The fourth-order valence-corrected chi connectivity index (χ4v) is 3.07. The van der Waals surface area contributed by atoms with Crippen LogP contribution in [0, 0.1) is 11.8 Å². The molecule has 0 bridgehead atoms. The van der Waals surface area contributed by atoms with Gasteiger partial charge < -0.3 is 15.8 Å². The number of methoxy groups -OCH3 is 1. The molecule has 0 atom stereocenters. The summed E-state index contributed by atoms with van der Waals surface area (Å²) in [5, 5.41) is 3.04. The highest BCUT2D eigenvalue weighted by Gasteiger charge is 2.21. The van der Waals surface area contributed by atoms with Gasteiger partial charge in [-0.1, -0.05) is 26.2 Å². The summed E-state index contributed by atoms with van der Waals surface area (Å²) in [7, 11) is 1.55. The highest BCUT2D eigenvalue weighted by Crippen LogP contribution is 2.30. The number of nitrogens with two attached hydrogens (primary N) is 1. The average Bonchev–Trinajstić information content (AvgIpc) is 2.52. The molecule has 1 amide bonds. The SMILES string of the molecule is CCC1CCC(CNC(=O)c2ccc(N)cc2OC)CC1. The van der Waals surface area contributed by atoms with Crippen molar-refractivity contribution in [1.29, 1.82) is 0 Å². The first kappa shape index (κ1) is 15.7. The van der Waals surface area contributed by atoms with Crippen LogP contribution in [0.15, 0.2) is 18.2 Å². The van der Waals surface area contributed by atoms with Gasteiger partial charge in [0.05, 0.1) is 12.7 Å². The second kappa shape index (κ2) is 7.34. The van der Waals surface area contributed by atoms with Gasteiger partial charge >= 0.3 is 0 Å². The van der Waals surface area contributed by atoms with E-state index in [1.165, 1.54) is 32.1 Å².